The smallest absolute Gasteiger partial charge is 0.327 e. The van der Waals surface area contributed by atoms with Crippen LogP contribution in [0.15, 0.2) is 35.3 Å². The summed E-state index contributed by atoms with van der Waals surface area (Å²) in [6.07, 6.45) is -2.51. The first kappa shape index (κ1) is 55.7. The van der Waals surface area contributed by atoms with Gasteiger partial charge in [-0.1, -0.05) is 0 Å². The summed E-state index contributed by atoms with van der Waals surface area (Å²) in [5, 5.41) is 63.7. The number of anilines is 2. The Bertz CT molecular complexity index is 2510. The quantitative estimate of drug-likeness (QED) is 0.0135. The first-order valence-electron chi connectivity index (χ1n) is 20.8. The number of fused-ring (bicyclic) bond motifs is 1. The standard InChI is InChI=1S/C39H51N15O15S/c40-38(41)44-10-1-3-20(32(63)50-22(12-27(58)59)34(65)51-23(13-28(60)61)35(66)52-24(16-70)37(68)69)49-33(64)21(11-26(56)57)48-25(55)4-2-9-43-31(62)17-5-7-18(8-6-17)45-14-19-15-46-30-29(47-19)36(67)54-39(42)53-30/h5-8,15,20-24,45,70H,1-4,9-14,16H2,(H,43,62)(H,48,55)(H,49,64)(H,50,63)(H,51,65)(H,52,66)(H,56,57)(H,58,59)(H,60,61)(H,68,69)(H4,40,41,44)(H3,42,46,53,54,67)/t20-,21-,22-,23-,24-/m1/s1. The van der Waals surface area contributed by atoms with Crippen molar-refractivity contribution in [3.63, 3.8) is 0 Å². The highest BCUT2D eigenvalue weighted by Crippen LogP contribution is 2.12. The molecule has 2 heterocycles. The first-order valence-corrected chi connectivity index (χ1v) is 21.4. The molecule has 70 heavy (non-hydrogen) atoms. The average molecular weight is 1000 g/mol. The average Bonchev–Trinajstić information content (AvgIpc) is 3.28. The molecule has 0 unspecified atom stereocenters. The topological polar surface area (TPSA) is 495 Å². The number of nitrogen functional groups attached to an aromatic ring is 1. The van der Waals surface area contributed by atoms with Crippen molar-refractivity contribution >= 4 is 101 Å². The summed E-state index contributed by atoms with van der Waals surface area (Å²) in [5.74, 6) is -13.9. The van der Waals surface area contributed by atoms with E-state index < -0.39 is 126 Å². The lowest BCUT2D eigenvalue weighted by Crippen LogP contribution is -2.59. The van der Waals surface area contributed by atoms with E-state index in [0.717, 1.165) is 0 Å². The molecule has 31 heteroatoms. The molecule has 0 aliphatic heterocycles. The van der Waals surface area contributed by atoms with Gasteiger partial charge in [0.15, 0.2) is 17.1 Å². The summed E-state index contributed by atoms with van der Waals surface area (Å²) in [5.41, 5.74) is 11.6. The van der Waals surface area contributed by atoms with Crippen molar-refractivity contribution in [2.24, 2.45) is 5.73 Å². The number of thiol groups is 1. The van der Waals surface area contributed by atoms with Crippen molar-refractivity contribution in [2.75, 3.05) is 29.9 Å². The molecule has 0 fully saturated rings. The number of aliphatic carboxylic acids is 4. The van der Waals surface area contributed by atoms with Gasteiger partial charge in [-0.15, -0.1) is 0 Å². The molecule has 3 aromatic rings. The third kappa shape index (κ3) is 18.9. The van der Waals surface area contributed by atoms with Gasteiger partial charge >= 0.3 is 23.9 Å². The van der Waals surface area contributed by atoms with Crippen LogP contribution in [0.25, 0.3) is 11.2 Å². The molecule has 0 saturated heterocycles. The van der Waals surface area contributed by atoms with Crippen LogP contribution in [-0.4, -0.2) is 155 Å². The van der Waals surface area contributed by atoms with Crippen molar-refractivity contribution in [1.82, 2.24) is 57.2 Å². The number of rotatable bonds is 29. The van der Waals surface area contributed by atoms with E-state index in [1.54, 1.807) is 12.1 Å². The molecule has 30 nitrogen and oxygen atoms in total. The van der Waals surface area contributed by atoms with Crippen LogP contribution in [0, 0.1) is 5.41 Å². The fraction of sp³-hybridized carbons (Fsp3) is 0.410. The van der Waals surface area contributed by atoms with Gasteiger partial charge in [0.25, 0.3) is 11.5 Å². The molecule has 18 N–H and O–H groups in total. The number of carboxylic acids is 4. The minimum atomic E-state index is -2.05. The van der Waals surface area contributed by atoms with Crippen LogP contribution in [0.3, 0.4) is 0 Å². The maximum atomic E-state index is 13.6. The van der Waals surface area contributed by atoms with E-state index in [-0.39, 0.29) is 68.0 Å². The van der Waals surface area contributed by atoms with E-state index in [1.807, 2.05) is 10.6 Å². The number of nitrogens with two attached hydrogens (primary N) is 2. The summed E-state index contributed by atoms with van der Waals surface area (Å²) in [6.45, 7) is 0.0762. The zero-order chi connectivity index (χ0) is 52.1. The number of nitrogens with one attached hydrogen (secondary N) is 10. The lowest BCUT2D eigenvalue weighted by molar-refractivity contribution is -0.144. The molecule has 0 spiro atoms. The Morgan fingerprint density at radius 3 is 1.74 bits per heavy atom. The number of aromatic amines is 1. The third-order valence-electron chi connectivity index (χ3n) is 9.44. The van der Waals surface area contributed by atoms with E-state index in [1.165, 1.54) is 18.3 Å². The number of carbonyl (C=O) groups is 10. The minimum absolute atomic E-state index is 0.00543. The van der Waals surface area contributed by atoms with Crippen LogP contribution in [-0.2, 0) is 49.7 Å². The van der Waals surface area contributed by atoms with Gasteiger partial charge in [0.2, 0.25) is 35.5 Å². The van der Waals surface area contributed by atoms with Crippen LogP contribution in [0.4, 0.5) is 11.6 Å². The predicted molar refractivity (Wildman–Crippen MR) is 245 cm³/mol. The van der Waals surface area contributed by atoms with Gasteiger partial charge in [-0.05, 0) is 43.5 Å². The molecule has 3 rings (SSSR count). The number of hydrogen-bond donors (Lipinski definition) is 17. The molecular weight excluding hydrogens is 951 g/mol. The molecule has 2 aromatic heterocycles. The SMILES string of the molecule is N=C(N)NCCC[C@@H](NC(=O)[C@@H](CC(=O)O)NC(=O)CCCNC(=O)c1ccc(NCc2cnc3nc(N)[nH]c(=O)c3n2)cc1)C(=O)N[C@H](CC(=O)O)C(=O)N[C@H](CC(=O)O)C(=O)N[C@H](CS)C(=O)O. The summed E-state index contributed by atoms with van der Waals surface area (Å²) >= 11 is 3.79. The number of carboxylic acid groups (broad SMARTS) is 4. The minimum Gasteiger partial charge on any atom is -0.481 e. The number of hydrogen-bond acceptors (Lipinski definition) is 18. The Balaban J connectivity index is 1.63. The molecule has 0 saturated carbocycles. The van der Waals surface area contributed by atoms with Gasteiger partial charge in [0.05, 0.1) is 37.7 Å². The van der Waals surface area contributed by atoms with Gasteiger partial charge in [-0.3, -0.25) is 58.3 Å². The fourth-order valence-corrected chi connectivity index (χ4v) is 6.28. The number of guanidine groups is 1. The van der Waals surface area contributed by atoms with Gasteiger partial charge in [-0.2, -0.15) is 17.6 Å². The lowest BCUT2D eigenvalue weighted by Gasteiger charge is -2.26. The Kier molecular flexibility index (Phi) is 21.7. The lowest BCUT2D eigenvalue weighted by atomic mass is 10.1. The molecule has 0 aliphatic carbocycles. The highest BCUT2D eigenvalue weighted by Gasteiger charge is 2.34. The molecule has 0 bridgehead atoms. The van der Waals surface area contributed by atoms with Crippen molar-refractivity contribution < 1.29 is 68.4 Å². The molecule has 0 radical (unpaired) electrons. The normalized spacial score (nSPS) is 12.9. The van der Waals surface area contributed by atoms with E-state index in [4.69, 9.17) is 16.9 Å². The van der Waals surface area contributed by atoms with Crippen molar-refractivity contribution in [3.05, 3.63) is 52.1 Å². The number of aromatic nitrogens is 4. The number of amides is 6. The number of nitrogens with zero attached hydrogens (tertiary/aromatic N) is 3. The van der Waals surface area contributed by atoms with Gasteiger partial charge in [-0.25, -0.2) is 14.8 Å². The molecule has 1 aromatic carbocycles. The van der Waals surface area contributed by atoms with Gasteiger partial charge < -0.3 is 74.4 Å². The Hall–Kier alpha value is -8.64. The van der Waals surface area contributed by atoms with Crippen LogP contribution in [0.2, 0.25) is 0 Å². The Labute approximate surface area is 400 Å². The highest BCUT2D eigenvalue weighted by molar-refractivity contribution is 7.80. The van der Waals surface area contributed by atoms with Crippen LogP contribution < -0.4 is 59.6 Å². The maximum absolute atomic E-state index is 13.6. The zero-order valence-corrected chi connectivity index (χ0v) is 37.7. The first-order chi connectivity index (χ1) is 33.1. The predicted octanol–water partition coefficient (Wildman–Crippen LogP) is -4.46. The summed E-state index contributed by atoms with van der Waals surface area (Å²) in [4.78, 5) is 152. The number of H-pyrrole nitrogens is 1. The largest absolute Gasteiger partial charge is 0.481 e. The second-order valence-corrected chi connectivity index (χ2v) is 15.3. The van der Waals surface area contributed by atoms with Gasteiger partial charge in [0.1, 0.15) is 30.2 Å². The van der Waals surface area contributed by atoms with E-state index >= 15 is 0 Å². The second-order valence-electron chi connectivity index (χ2n) is 14.9. The molecular formula is C39H51N15O15S. The monoisotopic (exact) mass is 1000 g/mol. The third-order valence-corrected chi connectivity index (χ3v) is 9.81. The summed E-state index contributed by atoms with van der Waals surface area (Å²) in [7, 11) is 0. The molecule has 0 aliphatic rings. The van der Waals surface area contributed by atoms with Crippen molar-refractivity contribution in [3.8, 4) is 0 Å². The Morgan fingerprint density at radius 2 is 1.21 bits per heavy atom. The van der Waals surface area contributed by atoms with Gasteiger partial charge in [0, 0.05) is 36.5 Å². The van der Waals surface area contributed by atoms with Crippen molar-refractivity contribution in [1.29, 1.82) is 5.41 Å². The van der Waals surface area contributed by atoms with E-state index in [0.29, 0.717) is 11.4 Å². The fourth-order valence-electron chi connectivity index (χ4n) is 6.03. The van der Waals surface area contributed by atoms with Crippen LogP contribution in [0.5, 0.6) is 0 Å². The zero-order valence-electron chi connectivity index (χ0n) is 36.8. The Morgan fingerprint density at radius 1 is 0.700 bits per heavy atom. The molecule has 378 valence electrons. The maximum Gasteiger partial charge on any atom is 0.327 e. The van der Waals surface area contributed by atoms with Crippen molar-refractivity contribution in [2.45, 2.75) is 81.7 Å². The number of carbonyl (C=O) groups excluding carboxylic acids is 6. The van der Waals surface area contributed by atoms with E-state index in [2.05, 4.69) is 64.5 Å². The van der Waals surface area contributed by atoms with E-state index in [9.17, 15) is 73.2 Å². The summed E-state index contributed by atoms with van der Waals surface area (Å²) in [6, 6.07) is -2.89. The molecule has 6 amide bonds. The van der Waals surface area contributed by atoms with Crippen LogP contribution in [0.1, 0.15) is 61.0 Å². The number of benzene rings is 1. The summed E-state index contributed by atoms with van der Waals surface area (Å²) < 4.78 is 0. The second kappa shape index (κ2) is 27.2. The molecule has 5 atom stereocenters. The highest BCUT2D eigenvalue weighted by atomic mass is 32.1. The van der Waals surface area contributed by atoms with Crippen LogP contribution >= 0.6 is 12.6 Å².